The van der Waals surface area contributed by atoms with E-state index < -0.39 is 0 Å². The van der Waals surface area contributed by atoms with Crippen molar-refractivity contribution in [3.8, 4) is 0 Å². The molecule has 0 spiro atoms. The van der Waals surface area contributed by atoms with Gasteiger partial charge in [-0.3, -0.25) is 4.79 Å². The first-order valence-corrected chi connectivity index (χ1v) is 7.28. The zero-order valence-corrected chi connectivity index (χ0v) is 12.5. The molecule has 0 aliphatic carbocycles. The van der Waals surface area contributed by atoms with Gasteiger partial charge in [0.15, 0.2) is 0 Å². The highest BCUT2D eigenvalue weighted by Gasteiger charge is 2.30. The van der Waals surface area contributed by atoms with Crippen molar-refractivity contribution in [1.29, 1.82) is 0 Å². The van der Waals surface area contributed by atoms with Crippen molar-refractivity contribution in [2.45, 2.75) is 31.4 Å². The van der Waals surface area contributed by atoms with Crippen molar-refractivity contribution in [2.24, 2.45) is 5.73 Å². The molecular formula is C15H21ClN2O2. The molecule has 1 amide bonds. The number of piperidine rings is 1. The molecule has 5 heteroatoms. The normalized spacial score (nSPS) is 22.9. The number of amides is 1. The van der Waals surface area contributed by atoms with Crippen molar-refractivity contribution in [3.05, 3.63) is 34.9 Å². The van der Waals surface area contributed by atoms with E-state index in [-0.39, 0.29) is 18.1 Å². The van der Waals surface area contributed by atoms with Gasteiger partial charge in [-0.05, 0) is 30.5 Å². The molecule has 0 saturated carbocycles. The van der Waals surface area contributed by atoms with Crippen LogP contribution in [0.15, 0.2) is 24.3 Å². The molecule has 1 heterocycles. The molecule has 1 aromatic rings. The Balaban J connectivity index is 2.01. The fourth-order valence-corrected chi connectivity index (χ4v) is 2.92. The summed E-state index contributed by atoms with van der Waals surface area (Å²) < 4.78 is 5.37. The van der Waals surface area contributed by atoms with E-state index in [2.05, 4.69) is 0 Å². The molecular weight excluding hydrogens is 276 g/mol. The highest BCUT2D eigenvalue weighted by Crippen LogP contribution is 2.20. The summed E-state index contributed by atoms with van der Waals surface area (Å²) in [6.07, 6.45) is 2.26. The molecule has 1 fully saturated rings. The molecule has 110 valence electrons. The fourth-order valence-electron chi connectivity index (χ4n) is 2.70. The second-order valence-electron chi connectivity index (χ2n) is 5.17. The van der Waals surface area contributed by atoms with Gasteiger partial charge in [0.2, 0.25) is 5.91 Å². The van der Waals surface area contributed by atoms with Gasteiger partial charge < -0.3 is 15.4 Å². The van der Waals surface area contributed by atoms with Crippen LogP contribution in [-0.4, -0.2) is 43.2 Å². The summed E-state index contributed by atoms with van der Waals surface area (Å²) in [5.74, 6) is 0.109. The summed E-state index contributed by atoms with van der Waals surface area (Å²) in [7, 11) is 1.71. The Hall–Kier alpha value is -1.10. The van der Waals surface area contributed by atoms with E-state index in [4.69, 9.17) is 22.1 Å². The van der Waals surface area contributed by atoms with Gasteiger partial charge in [0.05, 0.1) is 12.5 Å². The number of methoxy groups -OCH3 is 1. The van der Waals surface area contributed by atoms with Crippen LogP contribution < -0.4 is 5.73 Å². The van der Waals surface area contributed by atoms with Crippen LogP contribution in [0.25, 0.3) is 0 Å². The molecule has 1 aliphatic rings. The van der Waals surface area contributed by atoms with E-state index in [1.54, 1.807) is 7.11 Å². The lowest BCUT2D eigenvalue weighted by Gasteiger charge is -2.38. The average Bonchev–Trinajstić information content (AvgIpc) is 2.46. The first kappa shape index (κ1) is 15.3. The number of rotatable bonds is 4. The topological polar surface area (TPSA) is 55.6 Å². The molecule has 1 aromatic carbocycles. The molecule has 0 radical (unpaired) electrons. The zero-order valence-electron chi connectivity index (χ0n) is 11.7. The molecule has 0 aromatic heterocycles. The molecule has 2 unspecified atom stereocenters. The summed E-state index contributed by atoms with van der Waals surface area (Å²) >= 11 is 5.95. The lowest BCUT2D eigenvalue weighted by atomic mass is 9.98. The monoisotopic (exact) mass is 296 g/mol. The van der Waals surface area contributed by atoms with Gasteiger partial charge in [0, 0.05) is 31.3 Å². The quantitative estimate of drug-likeness (QED) is 0.922. The van der Waals surface area contributed by atoms with Gasteiger partial charge in [-0.1, -0.05) is 23.7 Å². The molecule has 4 nitrogen and oxygen atoms in total. The minimum absolute atomic E-state index is 0.0698. The van der Waals surface area contributed by atoms with Crippen LogP contribution in [0.5, 0.6) is 0 Å². The highest BCUT2D eigenvalue weighted by molar-refractivity contribution is 6.30. The molecule has 1 aliphatic heterocycles. The Kier molecular flexibility index (Phi) is 5.40. The van der Waals surface area contributed by atoms with Gasteiger partial charge in [-0.25, -0.2) is 0 Å². The minimum Gasteiger partial charge on any atom is -0.381 e. The van der Waals surface area contributed by atoms with E-state index in [1.165, 1.54) is 0 Å². The maximum Gasteiger partial charge on any atom is 0.227 e. The predicted octanol–water partition coefficient (Wildman–Crippen LogP) is 1.85. The van der Waals surface area contributed by atoms with Crippen LogP contribution in [0, 0.1) is 0 Å². The first-order chi connectivity index (χ1) is 9.63. The molecule has 2 N–H and O–H groups in total. The lowest BCUT2D eigenvalue weighted by Crippen LogP contribution is -2.51. The van der Waals surface area contributed by atoms with Crippen LogP contribution in [0.3, 0.4) is 0 Å². The second kappa shape index (κ2) is 7.07. The van der Waals surface area contributed by atoms with Crippen molar-refractivity contribution < 1.29 is 9.53 Å². The average molecular weight is 297 g/mol. The van der Waals surface area contributed by atoms with Crippen LogP contribution in [0.2, 0.25) is 5.02 Å². The van der Waals surface area contributed by atoms with Crippen LogP contribution in [0.1, 0.15) is 18.4 Å². The number of hydrogen-bond acceptors (Lipinski definition) is 3. The number of likely N-dealkylation sites (tertiary alicyclic amines) is 1. The number of carbonyl (C=O) groups is 1. The van der Waals surface area contributed by atoms with E-state index in [0.29, 0.717) is 24.5 Å². The van der Waals surface area contributed by atoms with Gasteiger partial charge in [-0.15, -0.1) is 0 Å². The largest absolute Gasteiger partial charge is 0.381 e. The Morgan fingerprint density at radius 2 is 2.35 bits per heavy atom. The third kappa shape index (κ3) is 3.72. The van der Waals surface area contributed by atoms with E-state index in [9.17, 15) is 4.79 Å². The third-order valence-electron chi connectivity index (χ3n) is 3.84. The number of halogens is 1. The number of benzene rings is 1. The standard InChI is InChI=1S/C15H21ClN2O2/c1-20-14-5-6-18(13(9-14)10-17)15(19)8-11-3-2-4-12(16)7-11/h2-4,7,13-14H,5-6,8-10,17H2,1H3. The zero-order chi connectivity index (χ0) is 14.5. The summed E-state index contributed by atoms with van der Waals surface area (Å²) in [6, 6.07) is 7.49. The Labute approximate surface area is 124 Å². The SMILES string of the molecule is COC1CCN(C(=O)Cc2cccc(Cl)c2)C(CN)C1. The number of nitrogens with two attached hydrogens (primary N) is 1. The fraction of sp³-hybridized carbons (Fsp3) is 0.533. The van der Waals surface area contributed by atoms with Crippen LogP contribution in [-0.2, 0) is 16.0 Å². The molecule has 2 atom stereocenters. The molecule has 2 rings (SSSR count). The Morgan fingerprint density at radius 1 is 1.55 bits per heavy atom. The summed E-state index contributed by atoms with van der Waals surface area (Å²) in [5, 5.41) is 0.656. The molecule has 1 saturated heterocycles. The lowest BCUT2D eigenvalue weighted by molar-refractivity contribution is -0.136. The van der Waals surface area contributed by atoms with Gasteiger partial charge in [0.25, 0.3) is 0 Å². The van der Waals surface area contributed by atoms with E-state index in [0.717, 1.165) is 18.4 Å². The number of ether oxygens (including phenoxy) is 1. The van der Waals surface area contributed by atoms with E-state index in [1.807, 2.05) is 29.2 Å². The maximum absolute atomic E-state index is 12.4. The summed E-state index contributed by atoms with van der Waals surface area (Å²) in [5.41, 5.74) is 6.73. The minimum atomic E-state index is 0.0698. The van der Waals surface area contributed by atoms with Crippen molar-refractivity contribution in [1.82, 2.24) is 4.90 Å². The number of carbonyl (C=O) groups excluding carboxylic acids is 1. The number of hydrogen-bond donors (Lipinski definition) is 1. The van der Waals surface area contributed by atoms with Gasteiger partial charge in [0.1, 0.15) is 0 Å². The van der Waals surface area contributed by atoms with Crippen molar-refractivity contribution in [2.75, 3.05) is 20.2 Å². The van der Waals surface area contributed by atoms with E-state index >= 15 is 0 Å². The first-order valence-electron chi connectivity index (χ1n) is 6.90. The number of nitrogens with zero attached hydrogens (tertiary/aromatic N) is 1. The summed E-state index contributed by atoms with van der Waals surface area (Å²) in [4.78, 5) is 14.3. The molecule has 0 bridgehead atoms. The second-order valence-corrected chi connectivity index (χ2v) is 5.60. The smallest absolute Gasteiger partial charge is 0.227 e. The Bertz CT molecular complexity index is 467. The Morgan fingerprint density at radius 3 is 3.00 bits per heavy atom. The summed E-state index contributed by atoms with van der Waals surface area (Å²) in [6.45, 7) is 1.18. The van der Waals surface area contributed by atoms with Crippen LogP contribution in [0.4, 0.5) is 0 Å². The van der Waals surface area contributed by atoms with Gasteiger partial charge >= 0.3 is 0 Å². The predicted molar refractivity (Wildman–Crippen MR) is 79.7 cm³/mol. The highest BCUT2D eigenvalue weighted by atomic mass is 35.5. The van der Waals surface area contributed by atoms with Crippen molar-refractivity contribution in [3.63, 3.8) is 0 Å². The maximum atomic E-state index is 12.4. The third-order valence-corrected chi connectivity index (χ3v) is 4.07. The van der Waals surface area contributed by atoms with Gasteiger partial charge in [-0.2, -0.15) is 0 Å². The molecule has 20 heavy (non-hydrogen) atoms. The van der Waals surface area contributed by atoms with Crippen molar-refractivity contribution >= 4 is 17.5 Å². The van der Waals surface area contributed by atoms with Crippen LogP contribution >= 0.6 is 11.6 Å².